The Bertz CT molecular complexity index is 373. The average molecular weight is 268 g/mol. The molecule has 2 aliphatic rings. The van der Waals surface area contributed by atoms with Crippen LogP contribution in [-0.4, -0.2) is 29.7 Å². The van der Waals surface area contributed by atoms with E-state index in [4.69, 9.17) is 0 Å². The summed E-state index contributed by atoms with van der Waals surface area (Å²) in [5, 5.41) is 15.1. The second kappa shape index (κ2) is 5.02. The fraction of sp³-hybridized carbons (Fsp3) is 0.857. The molecule has 0 aromatic heterocycles. The van der Waals surface area contributed by atoms with Gasteiger partial charge in [-0.15, -0.1) is 0 Å². The highest BCUT2D eigenvalue weighted by Gasteiger charge is 2.47. The van der Waals surface area contributed by atoms with Crippen molar-refractivity contribution in [3.05, 3.63) is 0 Å². The van der Waals surface area contributed by atoms with Gasteiger partial charge in [-0.25, -0.2) is 4.79 Å². The molecule has 2 amide bonds. The third-order valence-corrected chi connectivity index (χ3v) is 4.67. The summed E-state index contributed by atoms with van der Waals surface area (Å²) >= 11 is 0. The smallest absolute Gasteiger partial charge is 0.315 e. The van der Waals surface area contributed by atoms with E-state index in [2.05, 4.69) is 24.5 Å². The lowest BCUT2D eigenvalue weighted by molar-refractivity contribution is -0.150. The molecule has 0 aromatic carbocycles. The van der Waals surface area contributed by atoms with Crippen molar-refractivity contribution < 1.29 is 14.7 Å². The minimum atomic E-state index is -0.778. The predicted molar refractivity (Wildman–Crippen MR) is 71.9 cm³/mol. The van der Waals surface area contributed by atoms with Gasteiger partial charge in [-0.2, -0.15) is 0 Å². The molecule has 1 unspecified atom stereocenters. The van der Waals surface area contributed by atoms with Gasteiger partial charge < -0.3 is 15.7 Å². The number of carbonyl (C=O) groups excluding carboxylic acids is 1. The molecule has 0 spiro atoms. The molecule has 0 bridgehead atoms. The molecule has 108 valence electrons. The van der Waals surface area contributed by atoms with E-state index < -0.39 is 11.4 Å². The molecule has 2 rings (SSSR count). The molecule has 19 heavy (non-hydrogen) atoms. The summed E-state index contributed by atoms with van der Waals surface area (Å²) in [5.41, 5.74) is -0.568. The van der Waals surface area contributed by atoms with Crippen LogP contribution in [0.2, 0.25) is 0 Å². The lowest BCUT2D eigenvalue weighted by Gasteiger charge is -2.33. The standard InChI is InChI=1S/C14H24N2O3/c1-13(2)8-10(13)16-12(19)15-9-14(11(17)18)6-4-3-5-7-14/h10H,3-9H2,1-2H3,(H,17,18)(H2,15,16,19). The van der Waals surface area contributed by atoms with Gasteiger partial charge in [0.2, 0.25) is 0 Å². The Balaban J connectivity index is 1.82. The van der Waals surface area contributed by atoms with Gasteiger partial charge in [0.05, 0.1) is 5.41 Å². The molecule has 3 N–H and O–H groups in total. The van der Waals surface area contributed by atoms with E-state index in [0.717, 1.165) is 25.7 Å². The van der Waals surface area contributed by atoms with Crippen molar-refractivity contribution in [2.75, 3.05) is 6.54 Å². The van der Waals surface area contributed by atoms with E-state index in [1.807, 2.05) is 0 Å². The maximum absolute atomic E-state index is 11.8. The number of urea groups is 1. The fourth-order valence-corrected chi connectivity index (χ4v) is 2.87. The van der Waals surface area contributed by atoms with Crippen LogP contribution in [0.25, 0.3) is 0 Å². The average Bonchev–Trinajstić information content (AvgIpc) is 2.95. The van der Waals surface area contributed by atoms with Crippen molar-refractivity contribution in [1.82, 2.24) is 10.6 Å². The molecule has 0 aliphatic heterocycles. The molecular weight excluding hydrogens is 244 g/mol. The third-order valence-electron chi connectivity index (χ3n) is 4.67. The molecule has 5 nitrogen and oxygen atoms in total. The lowest BCUT2D eigenvalue weighted by atomic mass is 9.74. The first-order valence-corrected chi connectivity index (χ1v) is 7.14. The number of aliphatic carboxylic acids is 1. The van der Waals surface area contributed by atoms with Crippen molar-refractivity contribution in [1.29, 1.82) is 0 Å². The number of carbonyl (C=O) groups is 2. The number of carboxylic acids is 1. The molecule has 5 heteroatoms. The molecule has 0 heterocycles. The van der Waals surface area contributed by atoms with Crippen molar-refractivity contribution in [3.63, 3.8) is 0 Å². The summed E-state index contributed by atoms with van der Waals surface area (Å²) in [6.45, 7) is 4.46. The highest BCUT2D eigenvalue weighted by atomic mass is 16.4. The van der Waals surface area contributed by atoms with Gasteiger partial charge in [0.25, 0.3) is 0 Å². The van der Waals surface area contributed by atoms with E-state index in [1.54, 1.807) is 0 Å². The van der Waals surface area contributed by atoms with E-state index in [0.29, 0.717) is 12.8 Å². The van der Waals surface area contributed by atoms with Gasteiger partial charge in [0, 0.05) is 12.6 Å². The summed E-state index contributed by atoms with van der Waals surface area (Å²) in [5.74, 6) is -0.778. The summed E-state index contributed by atoms with van der Waals surface area (Å²) in [7, 11) is 0. The van der Waals surface area contributed by atoms with Crippen LogP contribution in [0, 0.1) is 10.8 Å². The van der Waals surface area contributed by atoms with Crippen LogP contribution in [0.15, 0.2) is 0 Å². The largest absolute Gasteiger partial charge is 0.481 e. The van der Waals surface area contributed by atoms with Crippen LogP contribution in [0.4, 0.5) is 4.79 Å². The number of nitrogens with one attached hydrogen (secondary N) is 2. The van der Waals surface area contributed by atoms with Crippen LogP contribution in [0.5, 0.6) is 0 Å². The number of hydrogen-bond acceptors (Lipinski definition) is 2. The number of rotatable bonds is 4. The zero-order valence-corrected chi connectivity index (χ0v) is 11.8. The van der Waals surface area contributed by atoms with Crippen molar-refractivity contribution in [2.45, 2.75) is 58.4 Å². The van der Waals surface area contributed by atoms with E-state index >= 15 is 0 Å². The minimum Gasteiger partial charge on any atom is -0.481 e. The summed E-state index contributed by atoms with van der Waals surface area (Å²) in [6, 6.07) is -0.0126. The Hall–Kier alpha value is -1.26. The monoisotopic (exact) mass is 268 g/mol. The molecule has 0 radical (unpaired) electrons. The first-order valence-electron chi connectivity index (χ1n) is 7.14. The molecular formula is C14H24N2O3. The highest BCUT2D eigenvalue weighted by Crippen LogP contribution is 2.44. The predicted octanol–water partition coefficient (Wildman–Crippen LogP) is 2.12. The van der Waals surface area contributed by atoms with Crippen LogP contribution in [0.3, 0.4) is 0 Å². The highest BCUT2D eigenvalue weighted by molar-refractivity contribution is 5.78. The van der Waals surface area contributed by atoms with Crippen molar-refractivity contribution in [3.8, 4) is 0 Å². The lowest BCUT2D eigenvalue weighted by Crippen LogP contribution is -2.48. The maximum Gasteiger partial charge on any atom is 0.315 e. The number of carboxylic acid groups (broad SMARTS) is 1. The van der Waals surface area contributed by atoms with Gasteiger partial charge in [-0.05, 0) is 24.7 Å². The van der Waals surface area contributed by atoms with Crippen LogP contribution in [-0.2, 0) is 4.79 Å². The van der Waals surface area contributed by atoms with Crippen molar-refractivity contribution >= 4 is 12.0 Å². The number of amides is 2. The van der Waals surface area contributed by atoms with E-state index in [9.17, 15) is 14.7 Å². The molecule has 2 saturated carbocycles. The fourth-order valence-electron chi connectivity index (χ4n) is 2.87. The third kappa shape index (κ3) is 3.19. The van der Waals surface area contributed by atoms with Gasteiger partial charge in [-0.1, -0.05) is 33.1 Å². The van der Waals surface area contributed by atoms with E-state index in [1.165, 1.54) is 0 Å². The summed E-state index contributed by atoms with van der Waals surface area (Å²) < 4.78 is 0. The molecule has 0 aromatic rings. The van der Waals surface area contributed by atoms with Crippen molar-refractivity contribution in [2.24, 2.45) is 10.8 Å². The minimum absolute atomic E-state index is 0.187. The Labute approximate surface area is 114 Å². The first-order chi connectivity index (χ1) is 8.86. The summed E-state index contributed by atoms with van der Waals surface area (Å²) in [6.07, 6.45) is 5.29. The second-order valence-electron chi connectivity index (χ2n) is 6.72. The first kappa shape index (κ1) is 14.2. The Morgan fingerprint density at radius 3 is 2.26 bits per heavy atom. The Morgan fingerprint density at radius 1 is 1.21 bits per heavy atom. The Kier molecular flexibility index (Phi) is 3.74. The van der Waals surface area contributed by atoms with Crippen LogP contribution < -0.4 is 10.6 Å². The van der Waals surface area contributed by atoms with Gasteiger partial charge >= 0.3 is 12.0 Å². The molecule has 2 fully saturated rings. The molecule has 1 atom stereocenters. The molecule has 0 saturated heterocycles. The van der Waals surface area contributed by atoms with Gasteiger partial charge in [-0.3, -0.25) is 4.79 Å². The van der Waals surface area contributed by atoms with Gasteiger partial charge in [0.15, 0.2) is 0 Å². The second-order valence-corrected chi connectivity index (χ2v) is 6.72. The maximum atomic E-state index is 11.8. The van der Waals surface area contributed by atoms with Crippen LogP contribution >= 0.6 is 0 Å². The Morgan fingerprint density at radius 2 is 1.79 bits per heavy atom. The van der Waals surface area contributed by atoms with Gasteiger partial charge in [0.1, 0.15) is 0 Å². The zero-order valence-electron chi connectivity index (χ0n) is 11.8. The zero-order chi connectivity index (χ0) is 14.1. The summed E-state index contributed by atoms with van der Waals surface area (Å²) in [4.78, 5) is 23.2. The topological polar surface area (TPSA) is 78.4 Å². The number of hydrogen-bond donors (Lipinski definition) is 3. The van der Waals surface area contributed by atoms with Crippen LogP contribution in [0.1, 0.15) is 52.4 Å². The quantitative estimate of drug-likeness (QED) is 0.730. The normalized spacial score (nSPS) is 27.4. The SMILES string of the molecule is CC1(C)CC1NC(=O)NCC1(C(=O)O)CCCCC1. The molecule has 2 aliphatic carbocycles. The van der Waals surface area contributed by atoms with E-state index in [-0.39, 0.29) is 24.0 Å².